The van der Waals surface area contributed by atoms with Gasteiger partial charge in [-0.15, -0.1) is 0 Å². The lowest BCUT2D eigenvalue weighted by molar-refractivity contribution is 0.422. The van der Waals surface area contributed by atoms with Crippen LogP contribution in [0.25, 0.3) is 11.4 Å². The third kappa shape index (κ3) is 1.66. The highest BCUT2D eigenvalue weighted by Crippen LogP contribution is 2.17. The SMILES string of the molecule is CC(C)c1ccc(-c2ccon2)nc1. The Bertz CT molecular complexity index is 390. The van der Waals surface area contributed by atoms with Crippen molar-refractivity contribution in [2.75, 3.05) is 0 Å². The van der Waals surface area contributed by atoms with Gasteiger partial charge in [-0.25, -0.2) is 0 Å². The van der Waals surface area contributed by atoms with Crippen LogP contribution in [-0.4, -0.2) is 10.1 Å². The monoisotopic (exact) mass is 188 g/mol. The smallest absolute Gasteiger partial charge is 0.132 e. The highest BCUT2D eigenvalue weighted by molar-refractivity contribution is 5.52. The largest absolute Gasteiger partial charge is 0.364 e. The molecule has 3 heteroatoms. The highest BCUT2D eigenvalue weighted by atomic mass is 16.5. The molecule has 0 bridgehead atoms. The summed E-state index contributed by atoms with van der Waals surface area (Å²) in [6.45, 7) is 4.29. The Balaban J connectivity index is 2.31. The van der Waals surface area contributed by atoms with E-state index in [1.165, 1.54) is 5.56 Å². The maximum Gasteiger partial charge on any atom is 0.132 e. The Hall–Kier alpha value is -1.64. The van der Waals surface area contributed by atoms with Crippen LogP contribution in [-0.2, 0) is 0 Å². The van der Waals surface area contributed by atoms with E-state index in [1.54, 1.807) is 12.3 Å². The first-order chi connectivity index (χ1) is 6.77. The van der Waals surface area contributed by atoms with Gasteiger partial charge in [0.05, 0.1) is 5.69 Å². The van der Waals surface area contributed by atoms with Gasteiger partial charge in [-0.2, -0.15) is 0 Å². The Kier molecular flexibility index (Phi) is 2.31. The van der Waals surface area contributed by atoms with Gasteiger partial charge in [-0.3, -0.25) is 4.98 Å². The summed E-state index contributed by atoms with van der Waals surface area (Å²) < 4.78 is 4.76. The van der Waals surface area contributed by atoms with Crippen molar-refractivity contribution in [1.29, 1.82) is 0 Å². The summed E-state index contributed by atoms with van der Waals surface area (Å²) in [5, 5.41) is 3.82. The second kappa shape index (κ2) is 3.62. The van der Waals surface area contributed by atoms with E-state index in [1.807, 2.05) is 12.3 Å². The number of nitrogens with zero attached hydrogens (tertiary/aromatic N) is 2. The van der Waals surface area contributed by atoms with Gasteiger partial charge in [0.1, 0.15) is 12.0 Å². The summed E-state index contributed by atoms with van der Waals surface area (Å²) in [5.74, 6) is 0.508. The molecule has 0 aliphatic carbocycles. The van der Waals surface area contributed by atoms with E-state index in [4.69, 9.17) is 4.52 Å². The molecule has 2 aromatic rings. The van der Waals surface area contributed by atoms with Crippen molar-refractivity contribution in [1.82, 2.24) is 10.1 Å². The fourth-order valence-corrected chi connectivity index (χ4v) is 1.24. The molecule has 0 fully saturated rings. The highest BCUT2D eigenvalue weighted by Gasteiger charge is 2.03. The standard InChI is InChI=1S/C11H12N2O/c1-8(2)9-3-4-10(12-7-9)11-5-6-14-13-11/h3-8H,1-2H3. The molecule has 2 aromatic heterocycles. The third-order valence-corrected chi connectivity index (χ3v) is 2.15. The quantitative estimate of drug-likeness (QED) is 0.727. The zero-order valence-electron chi connectivity index (χ0n) is 8.27. The lowest BCUT2D eigenvalue weighted by atomic mass is 10.1. The van der Waals surface area contributed by atoms with Crippen LogP contribution in [0.1, 0.15) is 25.3 Å². The third-order valence-electron chi connectivity index (χ3n) is 2.15. The summed E-state index contributed by atoms with van der Waals surface area (Å²) in [7, 11) is 0. The maximum atomic E-state index is 4.76. The van der Waals surface area contributed by atoms with Gasteiger partial charge in [0, 0.05) is 12.3 Å². The summed E-state index contributed by atoms with van der Waals surface area (Å²) in [6, 6.07) is 5.84. The first-order valence-corrected chi connectivity index (χ1v) is 4.64. The van der Waals surface area contributed by atoms with Crippen molar-refractivity contribution in [2.24, 2.45) is 0 Å². The van der Waals surface area contributed by atoms with Gasteiger partial charge >= 0.3 is 0 Å². The summed E-state index contributed by atoms with van der Waals surface area (Å²) in [5.41, 5.74) is 2.86. The molecule has 0 spiro atoms. The Morgan fingerprint density at radius 1 is 1.14 bits per heavy atom. The van der Waals surface area contributed by atoms with Crippen LogP contribution in [0, 0.1) is 0 Å². The van der Waals surface area contributed by atoms with E-state index < -0.39 is 0 Å². The van der Waals surface area contributed by atoms with E-state index in [0.717, 1.165) is 11.4 Å². The molecular weight excluding hydrogens is 176 g/mol. The van der Waals surface area contributed by atoms with E-state index in [-0.39, 0.29) is 0 Å². The van der Waals surface area contributed by atoms with Crippen molar-refractivity contribution in [3.8, 4) is 11.4 Å². The Morgan fingerprint density at radius 3 is 2.50 bits per heavy atom. The predicted molar refractivity (Wildman–Crippen MR) is 53.8 cm³/mol. The Morgan fingerprint density at radius 2 is 2.00 bits per heavy atom. The minimum absolute atomic E-state index is 0.508. The molecular formula is C11H12N2O. The number of hydrogen-bond acceptors (Lipinski definition) is 3. The lowest BCUT2D eigenvalue weighted by Crippen LogP contribution is -1.90. The van der Waals surface area contributed by atoms with Crippen molar-refractivity contribution in [2.45, 2.75) is 19.8 Å². The van der Waals surface area contributed by atoms with Crippen molar-refractivity contribution < 1.29 is 4.52 Å². The molecule has 3 nitrogen and oxygen atoms in total. The fraction of sp³-hybridized carbons (Fsp3) is 0.273. The van der Waals surface area contributed by atoms with Crippen LogP contribution < -0.4 is 0 Å². The van der Waals surface area contributed by atoms with Crippen LogP contribution in [0.15, 0.2) is 35.2 Å². The number of aromatic nitrogens is 2. The molecule has 0 atom stereocenters. The molecule has 14 heavy (non-hydrogen) atoms. The van der Waals surface area contributed by atoms with E-state index in [9.17, 15) is 0 Å². The zero-order valence-corrected chi connectivity index (χ0v) is 8.27. The number of hydrogen-bond donors (Lipinski definition) is 0. The van der Waals surface area contributed by atoms with Crippen LogP contribution >= 0.6 is 0 Å². The summed E-state index contributed by atoms with van der Waals surface area (Å²) >= 11 is 0. The predicted octanol–water partition coefficient (Wildman–Crippen LogP) is 2.86. The minimum Gasteiger partial charge on any atom is -0.364 e. The molecule has 0 saturated carbocycles. The molecule has 0 N–H and O–H groups in total. The van der Waals surface area contributed by atoms with Gasteiger partial charge < -0.3 is 4.52 Å². The molecule has 0 amide bonds. The topological polar surface area (TPSA) is 38.9 Å². The molecule has 2 heterocycles. The second-order valence-electron chi connectivity index (χ2n) is 3.52. The molecule has 0 aliphatic heterocycles. The van der Waals surface area contributed by atoms with Crippen LogP contribution in [0.5, 0.6) is 0 Å². The van der Waals surface area contributed by atoms with Crippen LogP contribution in [0.4, 0.5) is 0 Å². The van der Waals surface area contributed by atoms with Gasteiger partial charge in [0.15, 0.2) is 0 Å². The van der Waals surface area contributed by atoms with Gasteiger partial charge in [-0.1, -0.05) is 25.1 Å². The summed E-state index contributed by atoms with van der Waals surface area (Å²) in [6.07, 6.45) is 3.43. The molecule has 2 rings (SSSR count). The van der Waals surface area contributed by atoms with Crippen molar-refractivity contribution in [3.63, 3.8) is 0 Å². The van der Waals surface area contributed by atoms with Gasteiger partial charge in [0.2, 0.25) is 0 Å². The molecule has 0 unspecified atom stereocenters. The first-order valence-electron chi connectivity index (χ1n) is 4.64. The average molecular weight is 188 g/mol. The lowest BCUT2D eigenvalue weighted by Gasteiger charge is -2.03. The van der Waals surface area contributed by atoms with Crippen LogP contribution in [0.2, 0.25) is 0 Å². The average Bonchev–Trinajstić information content (AvgIpc) is 2.71. The molecule has 0 aliphatic rings. The van der Waals surface area contributed by atoms with Crippen molar-refractivity contribution in [3.05, 3.63) is 36.2 Å². The van der Waals surface area contributed by atoms with Crippen LogP contribution in [0.3, 0.4) is 0 Å². The number of rotatable bonds is 2. The maximum absolute atomic E-state index is 4.76. The molecule has 0 aromatic carbocycles. The minimum atomic E-state index is 0.508. The first kappa shape index (κ1) is 8.94. The van der Waals surface area contributed by atoms with E-state index in [0.29, 0.717) is 5.92 Å². The Labute approximate surface area is 82.8 Å². The van der Waals surface area contributed by atoms with Gasteiger partial charge in [-0.05, 0) is 17.5 Å². The second-order valence-corrected chi connectivity index (χ2v) is 3.52. The fourth-order valence-electron chi connectivity index (χ4n) is 1.24. The van der Waals surface area contributed by atoms with E-state index >= 15 is 0 Å². The van der Waals surface area contributed by atoms with Gasteiger partial charge in [0.25, 0.3) is 0 Å². The normalized spacial score (nSPS) is 10.8. The van der Waals surface area contributed by atoms with E-state index in [2.05, 4.69) is 30.1 Å². The summed E-state index contributed by atoms with van der Waals surface area (Å²) in [4.78, 5) is 4.32. The molecule has 72 valence electrons. The molecule has 0 radical (unpaired) electrons. The molecule has 0 saturated heterocycles. The number of pyridine rings is 1. The zero-order chi connectivity index (χ0) is 9.97. The van der Waals surface area contributed by atoms with Crippen molar-refractivity contribution >= 4 is 0 Å².